The molecule has 1 aliphatic rings. The minimum atomic E-state index is 0.736. The molecule has 1 nitrogen and oxygen atoms in total. The van der Waals surface area contributed by atoms with Crippen LogP contribution in [0.1, 0.15) is 65.7 Å². The molecule has 0 radical (unpaired) electrons. The normalized spacial score (nSPS) is 21.4. The van der Waals surface area contributed by atoms with Gasteiger partial charge in [0.2, 0.25) is 0 Å². The van der Waals surface area contributed by atoms with Crippen LogP contribution in [0.15, 0.2) is 0 Å². The van der Waals surface area contributed by atoms with Crippen molar-refractivity contribution in [3.8, 4) is 0 Å². The largest absolute Gasteiger partial charge is 0.311 e. The van der Waals surface area contributed by atoms with E-state index in [9.17, 15) is 0 Å². The molecule has 1 rings (SSSR count). The van der Waals surface area contributed by atoms with E-state index in [1.54, 1.807) is 0 Å². The van der Waals surface area contributed by atoms with E-state index in [4.69, 9.17) is 0 Å². The first-order valence-corrected chi connectivity index (χ1v) is 6.54. The molecule has 1 saturated carbocycles. The summed E-state index contributed by atoms with van der Waals surface area (Å²) in [4.78, 5) is 0. The predicted octanol–water partition coefficient (Wildman–Crippen LogP) is 3.73. The maximum atomic E-state index is 3.79. The van der Waals surface area contributed by atoms with E-state index in [1.807, 2.05) is 0 Å². The van der Waals surface area contributed by atoms with E-state index < -0.39 is 0 Å². The van der Waals surface area contributed by atoms with Crippen LogP contribution < -0.4 is 5.32 Å². The highest BCUT2D eigenvalue weighted by molar-refractivity contribution is 4.78. The van der Waals surface area contributed by atoms with Crippen LogP contribution in [0, 0.1) is 5.92 Å². The van der Waals surface area contributed by atoms with E-state index in [0.717, 1.165) is 18.0 Å². The highest BCUT2D eigenvalue weighted by atomic mass is 14.9. The van der Waals surface area contributed by atoms with Gasteiger partial charge in [-0.15, -0.1) is 0 Å². The number of hydrogen-bond acceptors (Lipinski definition) is 1. The number of rotatable bonds is 5. The lowest BCUT2D eigenvalue weighted by atomic mass is 9.84. The van der Waals surface area contributed by atoms with E-state index in [0.29, 0.717) is 0 Å². The van der Waals surface area contributed by atoms with E-state index in [2.05, 4.69) is 26.1 Å². The van der Waals surface area contributed by atoms with Crippen LogP contribution in [-0.2, 0) is 0 Å². The van der Waals surface area contributed by atoms with Gasteiger partial charge in [-0.1, -0.05) is 33.1 Å². The van der Waals surface area contributed by atoms with E-state index >= 15 is 0 Å². The van der Waals surface area contributed by atoms with Gasteiger partial charge in [-0.25, -0.2) is 0 Å². The molecule has 1 N–H and O–H groups in total. The van der Waals surface area contributed by atoms with Gasteiger partial charge in [-0.05, 0) is 38.5 Å². The molecular weight excluding hydrogens is 170 g/mol. The van der Waals surface area contributed by atoms with Crippen molar-refractivity contribution >= 4 is 0 Å². The van der Waals surface area contributed by atoms with E-state index in [1.165, 1.54) is 44.9 Å². The van der Waals surface area contributed by atoms with Gasteiger partial charge in [-0.3, -0.25) is 0 Å². The van der Waals surface area contributed by atoms with Gasteiger partial charge >= 0.3 is 0 Å². The summed E-state index contributed by atoms with van der Waals surface area (Å²) in [6, 6.07) is 1.48. The highest BCUT2D eigenvalue weighted by Gasteiger charge is 2.20. The molecule has 0 bridgehead atoms. The molecule has 1 fully saturated rings. The Kier molecular flexibility index (Phi) is 5.54. The predicted molar refractivity (Wildman–Crippen MR) is 63.5 cm³/mol. The first-order valence-electron chi connectivity index (χ1n) is 6.54. The average Bonchev–Trinajstić information content (AvgIpc) is 2.26. The summed E-state index contributed by atoms with van der Waals surface area (Å²) in [5, 5.41) is 3.79. The Hall–Kier alpha value is -0.0400. The van der Waals surface area contributed by atoms with Gasteiger partial charge in [0.1, 0.15) is 0 Å². The summed E-state index contributed by atoms with van der Waals surface area (Å²) in [6.45, 7) is 6.96. The molecule has 84 valence electrons. The topological polar surface area (TPSA) is 12.0 Å². The average molecular weight is 197 g/mol. The molecule has 1 atom stereocenters. The number of hydrogen-bond donors (Lipinski definition) is 1. The van der Waals surface area contributed by atoms with Crippen LogP contribution in [0.2, 0.25) is 0 Å². The molecule has 14 heavy (non-hydrogen) atoms. The molecule has 1 heteroatoms. The second-order valence-corrected chi connectivity index (χ2v) is 4.87. The summed E-state index contributed by atoms with van der Waals surface area (Å²) >= 11 is 0. The zero-order chi connectivity index (χ0) is 10.4. The Morgan fingerprint density at radius 3 is 2.14 bits per heavy atom. The van der Waals surface area contributed by atoms with Crippen LogP contribution in [-0.4, -0.2) is 12.1 Å². The molecule has 0 aliphatic heterocycles. The molecule has 0 aromatic heterocycles. The van der Waals surface area contributed by atoms with Crippen LogP contribution in [0.25, 0.3) is 0 Å². The molecule has 0 unspecified atom stereocenters. The fourth-order valence-corrected chi connectivity index (χ4v) is 2.67. The zero-order valence-corrected chi connectivity index (χ0v) is 10.2. The first-order chi connectivity index (χ1) is 6.77. The fourth-order valence-electron chi connectivity index (χ4n) is 2.67. The quantitative estimate of drug-likeness (QED) is 0.708. The minimum absolute atomic E-state index is 0.736. The smallest absolute Gasteiger partial charge is 0.00695 e. The van der Waals surface area contributed by atoms with Crippen molar-refractivity contribution in [1.29, 1.82) is 0 Å². The molecule has 0 aromatic rings. The SMILES string of the molecule is CCC(CC)N[C@@H](C)C1CCCCC1. The summed E-state index contributed by atoms with van der Waals surface area (Å²) in [7, 11) is 0. The standard InChI is InChI=1S/C13H27N/c1-4-13(5-2)14-11(3)12-9-7-6-8-10-12/h11-14H,4-10H2,1-3H3/t11-/m0/s1. The van der Waals surface area contributed by atoms with Crippen molar-refractivity contribution in [2.45, 2.75) is 77.8 Å². The van der Waals surface area contributed by atoms with Crippen molar-refractivity contribution in [3.63, 3.8) is 0 Å². The van der Waals surface area contributed by atoms with Gasteiger partial charge in [0, 0.05) is 12.1 Å². The lowest BCUT2D eigenvalue weighted by molar-refractivity contribution is 0.259. The van der Waals surface area contributed by atoms with Crippen LogP contribution in [0.3, 0.4) is 0 Å². The molecule has 0 heterocycles. The zero-order valence-electron chi connectivity index (χ0n) is 10.2. The Labute approximate surface area is 89.7 Å². The van der Waals surface area contributed by atoms with Gasteiger partial charge in [0.25, 0.3) is 0 Å². The lowest BCUT2D eigenvalue weighted by Crippen LogP contribution is -2.41. The van der Waals surface area contributed by atoms with Crippen molar-refractivity contribution in [3.05, 3.63) is 0 Å². The number of nitrogens with one attached hydrogen (secondary N) is 1. The van der Waals surface area contributed by atoms with Crippen LogP contribution >= 0.6 is 0 Å². The summed E-state index contributed by atoms with van der Waals surface area (Å²) < 4.78 is 0. The fraction of sp³-hybridized carbons (Fsp3) is 1.00. The molecule has 0 amide bonds. The second-order valence-electron chi connectivity index (χ2n) is 4.87. The van der Waals surface area contributed by atoms with E-state index in [-0.39, 0.29) is 0 Å². The monoisotopic (exact) mass is 197 g/mol. The Morgan fingerprint density at radius 2 is 1.64 bits per heavy atom. The molecule has 0 spiro atoms. The molecule has 1 aliphatic carbocycles. The highest BCUT2D eigenvalue weighted by Crippen LogP contribution is 2.26. The van der Waals surface area contributed by atoms with Crippen molar-refractivity contribution in [2.75, 3.05) is 0 Å². The minimum Gasteiger partial charge on any atom is -0.311 e. The van der Waals surface area contributed by atoms with Gasteiger partial charge in [-0.2, -0.15) is 0 Å². The van der Waals surface area contributed by atoms with Crippen molar-refractivity contribution in [2.24, 2.45) is 5.92 Å². The third-order valence-corrected chi connectivity index (χ3v) is 3.84. The third-order valence-electron chi connectivity index (χ3n) is 3.84. The Bertz CT molecular complexity index is 134. The van der Waals surface area contributed by atoms with Gasteiger partial charge < -0.3 is 5.32 Å². The summed E-state index contributed by atoms with van der Waals surface area (Å²) in [5.41, 5.74) is 0. The summed E-state index contributed by atoms with van der Waals surface area (Å²) in [6.07, 6.45) is 9.83. The van der Waals surface area contributed by atoms with Crippen LogP contribution in [0.5, 0.6) is 0 Å². The van der Waals surface area contributed by atoms with Crippen LogP contribution in [0.4, 0.5) is 0 Å². The second kappa shape index (κ2) is 6.44. The summed E-state index contributed by atoms with van der Waals surface area (Å²) in [5.74, 6) is 0.948. The Balaban J connectivity index is 2.27. The van der Waals surface area contributed by atoms with Gasteiger partial charge in [0.15, 0.2) is 0 Å². The maximum absolute atomic E-state index is 3.79. The maximum Gasteiger partial charge on any atom is 0.00695 e. The molecule has 0 saturated heterocycles. The third kappa shape index (κ3) is 3.61. The molecular formula is C13H27N. The van der Waals surface area contributed by atoms with Gasteiger partial charge in [0.05, 0.1) is 0 Å². The molecule has 0 aromatic carbocycles. The first kappa shape index (κ1) is 12.0. The van der Waals surface area contributed by atoms with Crippen molar-refractivity contribution in [1.82, 2.24) is 5.32 Å². The Morgan fingerprint density at radius 1 is 1.07 bits per heavy atom. The lowest BCUT2D eigenvalue weighted by Gasteiger charge is -2.31. The van der Waals surface area contributed by atoms with Crippen molar-refractivity contribution < 1.29 is 0 Å².